The second-order valence-corrected chi connectivity index (χ2v) is 11.5. The molecule has 7 nitrogen and oxygen atoms in total. The van der Waals surface area contributed by atoms with Crippen molar-refractivity contribution in [2.75, 3.05) is 52.8 Å². The van der Waals surface area contributed by atoms with Gasteiger partial charge in [0, 0.05) is 46.0 Å². The van der Waals surface area contributed by atoms with Crippen molar-refractivity contribution in [2.24, 2.45) is 0 Å². The van der Waals surface area contributed by atoms with E-state index < -0.39 is 24.0 Å². The van der Waals surface area contributed by atoms with Crippen LogP contribution in [-0.2, 0) is 16.8 Å². The van der Waals surface area contributed by atoms with Gasteiger partial charge >= 0.3 is 6.18 Å². The van der Waals surface area contributed by atoms with Gasteiger partial charge < -0.3 is 24.2 Å². The lowest BCUT2D eigenvalue weighted by molar-refractivity contribution is -0.141. The minimum Gasteiger partial charge on any atom is -0.497 e. The molecule has 0 saturated carbocycles. The number of carbonyl (C=O) groups is 2. The Bertz CT molecular complexity index is 1540. The highest BCUT2D eigenvalue weighted by Crippen LogP contribution is 2.49. The zero-order valence-corrected chi connectivity index (χ0v) is 27.1. The van der Waals surface area contributed by atoms with Crippen LogP contribution in [0.1, 0.15) is 34.0 Å². The van der Waals surface area contributed by atoms with E-state index in [1.54, 1.807) is 67.2 Å². The molecule has 3 aromatic carbocycles. The van der Waals surface area contributed by atoms with Gasteiger partial charge in [-0.15, -0.1) is 12.4 Å². The van der Waals surface area contributed by atoms with E-state index in [9.17, 15) is 22.8 Å². The van der Waals surface area contributed by atoms with E-state index in [0.717, 1.165) is 4.90 Å². The first-order valence-corrected chi connectivity index (χ1v) is 14.1. The number of anilines is 1. The summed E-state index contributed by atoms with van der Waals surface area (Å²) in [6.07, 6.45) is -4.59. The maximum absolute atomic E-state index is 14.4. The molecular formula is C31H33Cl3F3N3O4. The Balaban J connectivity index is 0.00000529. The first-order chi connectivity index (χ1) is 20.2. The molecule has 4 rings (SSSR count). The Hall–Kier alpha value is -3.18. The highest BCUT2D eigenvalue weighted by Gasteiger charge is 2.50. The third kappa shape index (κ3) is 7.20. The number of likely N-dealkylation sites (N-methyl/N-ethyl adjacent to an activating group) is 1. The van der Waals surface area contributed by atoms with Gasteiger partial charge in [-0.25, -0.2) is 0 Å². The van der Waals surface area contributed by atoms with E-state index >= 15 is 0 Å². The summed E-state index contributed by atoms with van der Waals surface area (Å²) in [7, 11) is 6.47. The maximum atomic E-state index is 14.4. The van der Waals surface area contributed by atoms with E-state index in [0.29, 0.717) is 33.3 Å². The Morgan fingerprint density at radius 3 is 2.27 bits per heavy atom. The fourth-order valence-electron chi connectivity index (χ4n) is 5.22. The smallest absolute Gasteiger partial charge is 0.406 e. The zero-order valence-electron chi connectivity index (χ0n) is 24.8. The number of hydrogen-bond donors (Lipinski definition) is 0. The van der Waals surface area contributed by atoms with Crippen LogP contribution in [-0.4, -0.2) is 75.7 Å². The number of amides is 2. The number of alkyl halides is 3. The number of carbonyl (C=O) groups excluding carboxylic acids is 2. The van der Waals surface area contributed by atoms with Gasteiger partial charge in [-0.05, 0) is 80.7 Å². The summed E-state index contributed by atoms with van der Waals surface area (Å²) in [6.45, 7) is 0.481. The number of hydrogen-bond acceptors (Lipinski definition) is 5. The highest BCUT2D eigenvalue weighted by atomic mass is 35.5. The Morgan fingerprint density at radius 1 is 0.955 bits per heavy atom. The summed E-state index contributed by atoms with van der Waals surface area (Å²) in [5.74, 6) is -0.0701. The molecule has 1 atom stereocenters. The quantitative estimate of drug-likeness (QED) is 0.236. The number of benzene rings is 3. The van der Waals surface area contributed by atoms with Crippen LogP contribution in [0.15, 0.2) is 54.6 Å². The lowest BCUT2D eigenvalue weighted by atomic mass is 9.76. The largest absolute Gasteiger partial charge is 0.497 e. The average molecular weight is 675 g/mol. The van der Waals surface area contributed by atoms with Crippen molar-refractivity contribution in [3.63, 3.8) is 0 Å². The maximum Gasteiger partial charge on any atom is 0.406 e. The Kier molecular flexibility index (Phi) is 11.1. The molecule has 1 unspecified atom stereocenters. The fraction of sp³-hybridized carbons (Fsp3) is 0.355. The van der Waals surface area contributed by atoms with Crippen molar-refractivity contribution in [1.29, 1.82) is 0 Å². The van der Waals surface area contributed by atoms with Gasteiger partial charge in [0.2, 0.25) is 5.91 Å². The average Bonchev–Trinajstić information content (AvgIpc) is 3.16. The summed E-state index contributed by atoms with van der Waals surface area (Å²) in [6, 6.07) is 14.5. The summed E-state index contributed by atoms with van der Waals surface area (Å²) < 4.78 is 51.1. The molecule has 0 bridgehead atoms. The summed E-state index contributed by atoms with van der Waals surface area (Å²) in [4.78, 5) is 31.8. The number of fused-ring (bicyclic) bond motifs is 1. The molecule has 1 aliphatic heterocycles. The SMILES string of the molecule is COc1ccc(CN2C(=O)C(C)(c3cc(C(=O)N(CCN(C)C)CC(F)(F)F)ccc3Cl)c3cc(Cl)ccc32)c(OC)c1.Cl. The zero-order chi connectivity index (χ0) is 31.7. The van der Waals surface area contributed by atoms with Crippen LogP contribution >= 0.6 is 35.6 Å². The van der Waals surface area contributed by atoms with E-state index in [1.165, 1.54) is 32.4 Å². The van der Waals surface area contributed by atoms with Crippen LogP contribution in [0.3, 0.4) is 0 Å². The van der Waals surface area contributed by atoms with E-state index in [-0.39, 0.29) is 54.1 Å². The number of ether oxygens (including phenoxy) is 2. The van der Waals surface area contributed by atoms with Crippen LogP contribution in [0.5, 0.6) is 11.5 Å². The molecule has 2 amide bonds. The third-order valence-corrected chi connectivity index (χ3v) is 8.07. The number of methoxy groups -OCH3 is 2. The number of nitrogens with zero attached hydrogens (tertiary/aromatic N) is 3. The standard InChI is InChI=1S/C31H32Cl2F3N3O4.ClH/c1-30(23-14-19(7-10-25(23)33)28(40)38(13-12-37(2)3)18-31(34,35)36)24-15-21(32)8-11-26(24)39(29(30)41)17-20-6-9-22(42-4)16-27(20)43-5;/h6-11,14-16H,12-13,17-18H2,1-5H3;1H. The number of halogens is 6. The van der Waals surface area contributed by atoms with Crippen molar-refractivity contribution in [2.45, 2.75) is 25.1 Å². The van der Waals surface area contributed by atoms with Gasteiger partial charge in [-0.3, -0.25) is 9.59 Å². The highest BCUT2D eigenvalue weighted by molar-refractivity contribution is 6.33. The van der Waals surface area contributed by atoms with Gasteiger partial charge in [0.1, 0.15) is 23.5 Å². The molecule has 0 saturated heterocycles. The molecule has 0 N–H and O–H groups in total. The molecule has 0 aliphatic carbocycles. The van der Waals surface area contributed by atoms with Crippen molar-refractivity contribution < 1.29 is 32.2 Å². The lowest BCUT2D eigenvalue weighted by Gasteiger charge is -2.28. The molecule has 3 aromatic rings. The molecular weight excluding hydrogens is 642 g/mol. The Morgan fingerprint density at radius 2 is 1.66 bits per heavy atom. The molecule has 0 spiro atoms. The summed E-state index contributed by atoms with van der Waals surface area (Å²) in [5, 5.41) is 0.558. The van der Waals surface area contributed by atoms with E-state index in [4.69, 9.17) is 32.7 Å². The molecule has 238 valence electrons. The number of rotatable bonds is 10. The first-order valence-electron chi connectivity index (χ1n) is 13.3. The second kappa shape index (κ2) is 13.9. The molecule has 1 aliphatic rings. The predicted octanol–water partition coefficient (Wildman–Crippen LogP) is 6.85. The summed E-state index contributed by atoms with van der Waals surface area (Å²) >= 11 is 13.1. The van der Waals surface area contributed by atoms with Crippen LogP contribution in [0.25, 0.3) is 0 Å². The van der Waals surface area contributed by atoms with Gasteiger partial charge in [-0.2, -0.15) is 13.2 Å². The van der Waals surface area contributed by atoms with Gasteiger partial charge in [-0.1, -0.05) is 23.2 Å². The van der Waals surface area contributed by atoms with Crippen molar-refractivity contribution in [1.82, 2.24) is 9.80 Å². The molecule has 0 fully saturated rings. The van der Waals surface area contributed by atoms with Crippen LogP contribution < -0.4 is 14.4 Å². The molecule has 1 heterocycles. The van der Waals surface area contributed by atoms with Gasteiger partial charge in [0.25, 0.3) is 5.91 Å². The minimum atomic E-state index is -4.59. The van der Waals surface area contributed by atoms with Crippen LogP contribution in [0, 0.1) is 0 Å². The minimum absolute atomic E-state index is 0. The van der Waals surface area contributed by atoms with Gasteiger partial charge in [0.15, 0.2) is 0 Å². The summed E-state index contributed by atoms with van der Waals surface area (Å²) in [5.41, 5.74) is 0.676. The van der Waals surface area contributed by atoms with Crippen molar-refractivity contribution in [3.05, 3.63) is 86.9 Å². The van der Waals surface area contributed by atoms with Crippen molar-refractivity contribution in [3.8, 4) is 11.5 Å². The topological polar surface area (TPSA) is 62.3 Å². The monoisotopic (exact) mass is 673 g/mol. The molecule has 44 heavy (non-hydrogen) atoms. The second-order valence-electron chi connectivity index (χ2n) is 10.7. The van der Waals surface area contributed by atoms with E-state index in [1.807, 2.05) is 0 Å². The van der Waals surface area contributed by atoms with Gasteiger partial charge in [0.05, 0.1) is 20.8 Å². The fourth-order valence-corrected chi connectivity index (χ4v) is 5.70. The molecule has 13 heteroatoms. The van der Waals surface area contributed by atoms with E-state index in [2.05, 4.69) is 0 Å². The third-order valence-electron chi connectivity index (χ3n) is 7.51. The van der Waals surface area contributed by atoms with Crippen LogP contribution in [0.2, 0.25) is 10.0 Å². The molecule has 0 aromatic heterocycles. The van der Waals surface area contributed by atoms with Crippen LogP contribution in [0.4, 0.5) is 18.9 Å². The lowest BCUT2D eigenvalue weighted by Crippen LogP contribution is -2.43. The Labute approximate surface area is 270 Å². The first kappa shape index (κ1) is 35.3. The van der Waals surface area contributed by atoms with Crippen molar-refractivity contribution >= 4 is 53.1 Å². The molecule has 0 radical (unpaired) electrons. The predicted molar refractivity (Wildman–Crippen MR) is 168 cm³/mol. The normalized spacial score (nSPS) is 16.1.